The standard InChI is InChI=1S/C23H30ClN3O5/c1-3-11-25-19(29)16-17-21(31)27(12-4-13-28)18(23(17)10-9-22(16,2)32-23)20(30)26-15-7-5-14(24)6-8-15/h5-8,16-18,28H,3-4,9-13H2,1-2H3,(H,25,29)(H,26,30)/t16-,17+,18?,22+,23?/m1/s1. The number of rotatable bonds is 8. The van der Waals surface area contributed by atoms with E-state index in [2.05, 4.69) is 10.6 Å². The number of benzene rings is 1. The van der Waals surface area contributed by atoms with E-state index in [4.69, 9.17) is 16.3 Å². The number of nitrogens with zero attached hydrogens (tertiary/aromatic N) is 1. The molecule has 0 aromatic heterocycles. The first-order valence-electron chi connectivity index (χ1n) is 11.2. The highest BCUT2D eigenvalue weighted by atomic mass is 35.5. The number of carbonyl (C=O) groups excluding carboxylic acids is 3. The Morgan fingerprint density at radius 3 is 2.62 bits per heavy atom. The minimum atomic E-state index is -1.06. The molecule has 2 unspecified atom stereocenters. The highest BCUT2D eigenvalue weighted by Gasteiger charge is 2.77. The van der Waals surface area contributed by atoms with E-state index < -0.39 is 29.1 Å². The van der Waals surface area contributed by atoms with Crippen LogP contribution < -0.4 is 10.6 Å². The number of halogens is 1. The molecule has 3 amide bonds. The van der Waals surface area contributed by atoms with Crippen molar-refractivity contribution in [3.8, 4) is 0 Å². The summed E-state index contributed by atoms with van der Waals surface area (Å²) >= 11 is 5.95. The highest BCUT2D eigenvalue weighted by molar-refractivity contribution is 6.30. The molecule has 1 aromatic carbocycles. The molecular formula is C23H30ClN3O5. The summed E-state index contributed by atoms with van der Waals surface area (Å²) in [6.45, 7) is 4.47. The van der Waals surface area contributed by atoms with Crippen molar-refractivity contribution in [3.05, 3.63) is 29.3 Å². The average Bonchev–Trinajstić information content (AvgIpc) is 3.33. The van der Waals surface area contributed by atoms with Gasteiger partial charge in [0.1, 0.15) is 11.6 Å². The first kappa shape index (κ1) is 23.0. The van der Waals surface area contributed by atoms with Crippen molar-refractivity contribution in [1.82, 2.24) is 10.2 Å². The number of nitrogens with one attached hydrogen (secondary N) is 2. The fraction of sp³-hybridized carbons (Fsp3) is 0.609. The monoisotopic (exact) mass is 463 g/mol. The van der Waals surface area contributed by atoms with Crippen LogP contribution in [0, 0.1) is 11.8 Å². The normalized spacial score (nSPS) is 32.8. The number of aliphatic hydroxyl groups is 1. The van der Waals surface area contributed by atoms with Crippen molar-refractivity contribution >= 4 is 35.0 Å². The fourth-order valence-corrected chi connectivity index (χ4v) is 5.84. The quantitative estimate of drug-likeness (QED) is 0.546. The second-order valence-corrected chi connectivity index (χ2v) is 9.56. The van der Waals surface area contributed by atoms with Crippen LogP contribution in [-0.2, 0) is 19.1 Å². The number of fused-ring (bicyclic) bond motifs is 1. The van der Waals surface area contributed by atoms with Gasteiger partial charge in [0.25, 0.3) is 0 Å². The van der Waals surface area contributed by atoms with Crippen LogP contribution in [-0.4, -0.2) is 64.7 Å². The Morgan fingerprint density at radius 1 is 1.25 bits per heavy atom. The topological polar surface area (TPSA) is 108 Å². The number of ether oxygens (including phenoxy) is 1. The van der Waals surface area contributed by atoms with E-state index in [0.717, 1.165) is 6.42 Å². The largest absolute Gasteiger partial charge is 0.396 e. The molecule has 2 bridgehead atoms. The minimum Gasteiger partial charge on any atom is -0.396 e. The van der Waals surface area contributed by atoms with Crippen molar-refractivity contribution in [3.63, 3.8) is 0 Å². The number of carbonyl (C=O) groups is 3. The SMILES string of the molecule is CCCNC(=O)[C@H]1[C@H]2C(=O)N(CCCO)C(C(=O)Nc3ccc(Cl)cc3)C23CC[C@]1(C)O3. The molecule has 4 rings (SSSR count). The second-order valence-electron chi connectivity index (χ2n) is 9.12. The number of aliphatic hydroxyl groups excluding tert-OH is 1. The predicted octanol–water partition coefficient (Wildman–Crippen LogP) is 1.95. The summed E-state index contributed by atoms with van der Waals surface area (Å²) in [5.74, 6) is -2.19. The molecule has 0 radical (unpaired) electrons. The summed E-state index contributed by atoms with van der Waals surface area (Å²) in [6.07, 6.45) is 2.24. The van der Waals surface area contributed by atoms with Crippen LogP contribution in [0.2, 0.25) is 5.02 Å². The van der Waals surface area contributed by atoms with Gasteiger partial charge in [-0.2, -0.15) is 0 Å². The molecule has 3 saturated heterocycles. The molecular weight excluding hydrogens is 434 g/mol. The fourth-order valence-electron chi connectivity index (χ4n) is 5.71. The molecule has 3 fully saturated rings. The summed E-state index contributed by atoms with van der Waals surface area (Å²) in [5, 5.41) is 15.7. The van der Waals surface area contributed by atoms with Crippen molar-refractivity contribution in [2.45, 2.75) is 56.8 Å². The van der Waals surface area contributed by atoms with Crippen molar-refractivity contribution in [2.24, 2.45) is 11.8 Å². The van der Waals surface area contributed by atoms with Crippen LogP contribution in [0.25, 0.3) is 0 Å². The minimum absolute atomic E-state index is 0.105. The molecule has 0 saturated carbocycles. The van der Waals surface area contributed by atoms with E-state index in [9.17, 15) is 19.5 Å². The van der Waals surface area contributed by atoms with Gasteiger partial charge in [-0.3, -0.25) is 14.4 Å². The molecule has 5 atom stereocenters. The molecule has 9 heteroatoms. The zero-order valence-corrected chi connectivity index (χ0v) is 19.2. The van der Waals surface area contributed by atoms with E-state index in [1.54, 1.807) is 24.3 Å². The number of amides is 3. The van der Waals surface area contributed by atoms with Crippen LogP contribution in [0.4, 0.5) is 5.69 Å². The maximum atomic E-state index is 13.6. The van der Waals surface area contributed by atoms with Crippen molar-refractivity contribution in [1.29, 1.82) is 0 Å². The lowest BCUT2D eigenvalue weighted by Crippen LogP contribution is -2.53. The van der Waals surface area contributed by atoms with Gasteiger partial charge in [0.15, 0.2) is 0 Å². The summed E-state index contributed by atoms with van der Waals surface area (Å²) in [6, 6.07) is 5.86. The van der Waals surface area contributed by atoms with Crippen LogP contribution in [0.3, 0.4) is 0 Å². The summed E-state index contributed by atoms with van der Waals surface area (Å²) in [7, 11) is 0. The van der Waals surface area contributed by atoms with E-state index in [-0.39, 0.29) is 30.9 Å². The lowest BCUT2D eigenvalue weighted by atomic mass is 9.66. The number of hydrogen-bond donors (Lipinski definition) is 3. The Morgan fingerprint density at radius 2 is 1.97 bits per heavy atom. The lowest BCUT2D eigenvalue weighted by Gasteiger charge is -2.33. The first-order valence-corrected chi connectivity index (χ1v) is 11.6. The van der Waals surface area contributed by atoms with Gasteiger partial charge in [-0.1, -0.05) is 18.5 Å². The zero-order valence-electron chi connectivity index (χ0n) is 18.4. The van der Waals surface area contributed by atoms with Gasteiger partial charge < -0.3 is 25.4 Å². The molecule has 174 valence electrons. The molecule has 8 nitrogen and oxygen atoms in total. The molecule has 0 aliphatic carbocycles. The van der Waals surface area contributed by atoms with E-state index in [1.807, 2.05) is 13.8 Å². The van der Waals surface area contributed by atoms with Gasteiger partial charge in [0.05, 0.1) is 17.4 Å². The Labute approximate surface area is 192 Å². The highest BCUT2D eigenvalue weighted by Crippen LogP contribution is 2.63. The van der Waals surface area contributed by atoms with E-state index in [1.165, 1.54) is 4.90 Å². The summed E-state index contributed by atoms with van der Waals surface area (Å²) in [5.41, 5.74) is -1.30. The molecule has 3 heterocycles. The third-order valence-corrected chi connectivity index (χ3v) is 7.28. The molecule has 1 aromatic rings. The molecule has 3 aliphatic heterocycles. The smallest absolute Gasteiger partial charge is 0.250 e. The lowest BCUT2D eigenvalue weighted by molar-refractivity contribution is -0.144. The average molecular weight is 464 g/mol. The number of likely N-dealkylation sites (tertiary alicyclic amines) is 1. The Balaban J connectivity index is 1.68. The van der Waals surface area contributed by atoms with Crippen molar-refractivity contribution in [2.75, 3.05) is 25.0 Å². The predicted molar refractivity (Wildman–Crippen MR) is 119 cm³/mol. The molecule has 3 aliphatic rings. The Hall–Kier alpha value is -2.16. The van der Waals surface area contributed by atoms with E-state index >= 15 is 0 Å². The zero-order chi connectivity index (χ0) is 23.1. The molecule has 3 N–H and O–H groups in total. The van der Waals surface area contributed by atoms with Gasteiger partial charge in [-0.25, -0.2) is 0 Å². The van der Waals surface area contributed by atoms with Gasteiger partial charge in [0.2, 0.25) is 17.7 Å². The van der Waals surface area contributed by atoms with E-state index in [0.29, 0.717) is 36.5 Å². The maximum Gasteiger partial charge on any atom is 0.250 e. The van der Waals surface area contributed by atoms with Crippen LogP contribution in [0.5, 0.6) is 0 Å². The van der Waals surface area contributed by atoms with Gasteiger partial charge in [0, 0.05) is 30.4 Å². The Bertz CT molecular complexity index is 909. The molecule has 32 heavy (non-hydrogen) atoms. The van der Waals surface area contributed by atoms with Gasteiger partial charge >= 0.3 is 0 Å². The maximum absolute atomic E-state index is 13.6. The third kappa shape index (κ3) is 3.58. The second kappa shape index (κ2) is 8.65. The van der Waals surface area contributed by atoms with Crippen LogP contribution in [0.15, 0.2) is 24.3 Å². The van der Waals surface area contributed by atoms with Crippen LogP contribution >= 0.6 is 11.6 Å². The van der Waals surface area contributed by atoms with Crippen LogP contribution in [0.1, 0.15) is 39.5 Å². The van der Waals surface area contributed by atoms with Gasteiger partial charge in [-0.05, 0) is 56.9 Å². The number of anilines is 1. The first-order chi connectivity index (χ1) is 15.3. The summed E-state index contributed by atoms with van der Waals surface area (Å²) < 4.78 is 6.49. The number of hydrogen-bond acceptors (Lipinski definition) is 5. The Kier molecular flexibility index (Phi) is 6.22. The third-order valence-electron chi connectivity index (χ3n) is 7.03. The van der Waals surface area contributed by atoms with Crippen molar-refractivity contribution < 1.29 is 24.2 Å². The van der Waals surface area contributed by atoms with Gasteiger partial charge in [-0.15, -0.1) is 0 Å². The molecule has 1 spiro atoms. The summed E-state index contributed by atoms with van der Waals surface area (Å²) in [4.78, 5) is 41.7.